The molecule has 0 fully saturated rings. The molecule has 0 bridgehead atoms. The zero-order valence-electron chi connectivity index (χ0n) is 11.0. The molecule has 1 aromatic carbocycles. The molecule has 1 rings (SSSR count). The van der Waals surface area contributed by atoms with Crippen molar-refractivity contribution in [3.8, 4) is 0 Å². The highest BCUT2D eigenvalue weighted by Gasteiger charge is 2.14. The lowest BCUT2D eigenvalue weighted by molar-refractivity contribution is 0.0754. The quantitative estimate of drug-likeness (QED) is 0.868. The van der Waals surface area contributed by atoms with Crippen LogP contribution in [0.25, 0.3) is 0 Å². The Morgan fingerprint density at radius 2 is 2.00 bits per heavy atom. The zero-order chi connectivity index (χ0) is 13.0. The average molecular weight is 235 g/mol. The van der Waals surface area contributed by atoms with Crippen LogP contribution in [-0.2, 0) is 6.42 Å². The van der Waals surface area contributed by atoms with Crippen molar-refractivity contribution < 1.29 is 9.90 Å². The van der Waals surface area contributed by atoms with Crippen molar-refractivity contribution in [2.24, 2.45) is 0 Å². The molecule has 0 aliphatic rings. The number of aliphatic hydroxyl groups excluding tert-OH is 1. The van der Waals surface area contributed by atoms with Crippen LogP contribution in [0.1, 0.15) is 36.7 Å². The molecule has 0 aliphatic heterocycles. The molecule has 1 unspecified atom stereocenters. The molecule has 0 aliphatic carbocycles. The number of benzene rings is 1. The summed E-state index contributed by atoms with van der Waals surface area (Å²) in [5, 5.41) is 9.34. The van der Waals surface area contributed by atoms with Crippen molar-refractivity contribution in [2.75, 3.05) is 7.05 Å². The third kappa shape index (κ3) is 3.86. The zero-order valence-corrected chi connectivity index (χ0v) is 11.0. The fourth-order valence-corrected chi connectivity index (χ4v) is 1.61. The van der Waals surface area contributed by atoms with Crippen molar-refractivity contribution in [1.29, 1.82) is 0 Å². The Morgan fingerprint density at radius 1 is 1.35 bits per heavy atom. The van der Waals surface area contributed by atoms with E-state index in [9.17, 15) is 9.90 Å². The van der Waals surface area contributed by atoms with Crippen LogP contribution in [0.2, 0.25) is 0 Å². The number of rotatable bonds is 4. The molecular formula is C14H21NO2. The first-order valence-electron chi connectivity index (χ1n) is 5.96. The number of carbonyl (C=O) groups is 1. The minimum absolute atomic E-state index is 0.0208. The van der Waals surface area contributed by atoms with Gasteiger partial charge in [0.1, 0.15) is 0 Å². The van der Waals surface area contributed by atoms with Crippen LogP contribution >= 0.6 is 0 Å². The lowest BCUT2D eigenvalue weighted by atomic mass is 10.0. The van der Waals surface area contributed by atoms with Crippen LogP contribution in [0, 0.1) is 0 Å². The minimum atomic E-state index is -0.386. The van der Waals surface area contributed by atoms with Crippen LogP contribution in [0.3, 0.4) is 0 Å². The molecule has 0 heterocycles. The number of carbonyl (C=O) groups excluding carboxylic acids is 1. The smallest absolute Gasteiger partial charge is 0.253 e. The fourth-order valence-electron chi connectivity index (χ4n) is 1.61. The number of nitrogens with zero attached hydrogens (tertiary/aromatic N) is 1. The third-order valence-electron chi connectivity index (χ3n) is 2.80. The maximum Gasteiger partial charge on any atom is 0.253 e. The van der Waals surface area contributed by atoms with Crippen molar-refractivity contribution in [1.82, 2.24) is 4.90 Å². The molecule has 1 aromatic rings. The molecule has 1 atom stereocenters. The van der Waals surface area contributed by atoms with Crippen molar-refractivity contribution in [3.05, 3.63) is 35.4 Å². The van der Waals surface area contributed by atoms with Gasteiger partial charge in [0.05, 0.1) is 6.10 Å². The normalized spacial score (nSPS) is 12.6. The Labute approximate surface area is 103 Å². The highest BCUT2D eigenvalue weighted by molar-refractivity contribution is 5.94. The fraction of sp³-hybridized carbons (Fsp3) is 0.500. The van der Waals surface area contributed by atoms with Gasteiger partial charge in [-0.2, -0.15) is 0 Å². The van der Waals surface area contributed by atoms with Crippen LogP contribution in [0.15, 0.2) is 24.3 Å². The van der Waals surface area contributed by atoms with Gasteiger partial charge in [-0.3, -0.25) is 4.79 Å². The Bertz CT molecular complexity index is 386. The lowest BCUT2D eigenvalue weighted by Crippen LogP contribution is -2.33. The van der Waals surface area contributed by atoms with Crippen LogP contribution in [0.5, 0.6) is 0 Å². The number of amides is 1. The van der Waals surface area contributed by atoms with E-state index in [2.05, 4.69) is 0 Å². The Morgan fingerprint density at radius 3 is 2.53 bits per heavy atom. The van der Waals surface area contributed by atoms with E-state index in [-0.39, 0.29) is 18.1 Å². The first kappa shape index (κ1) is 13.7. The van der Waals surface area contributed by atoms with Gasteiger partial charge in [0.15, 0.2) is 0 Å². The van der Waals surface area contributed by atoms with Crippen molar-refractivity contribution in [3.63, 3.8) is 0 Å². The molecule has 0 saturated heterocycles. The molecule has 1 N–H and O–H groups in total. The summed E-state index contributed by atoms with van der Waals surface area (Å²) in [6, 6.07) is 7.64. The molecule has 17 heavy (non-hydrogen) atoms. The van der Waals surface area contributed by atoms with Gasteiger partial charge in [0, 0.05) is 18.7 Å². The SMILES string of the molecule is CC(O)Cc1cccc(C(=O)N(C)C(C)C)c1. The molecule has 0 spiro atoms. The van der Waals surface area contributed by atoms with E-state index in [1.807, 2.05) is 38.1 Å². The van der Waals surface area contributed by atoms with E-state index >= 15 is 0 Å². The van der Waals surface area contributed by atoms with Crippen LogP contribution < -0.4 is 0 Å². The summed E-state index contributed by atoms with van der Waals surface area (Å²) in [6.45, 7) is 5.71. The van der Waals surface area contributed by atoms with Gasteiger partial charge >= 0.3 is 0 Å². The highest BCUT2D eigenvalue weighted by Crippen LogP contribution is 2.11. The molecule has 0 saturated carbocycles. The predicted octanol–water partition coefficient (Wildman–Crippen LogP) is 2.09. The second kappa shape index (κ2) is 5.82. The first-order valence-corrected chi connectivity index (χ1v) is 5.96. The van der Waals surface area contributed by atoms with E-state index in [0.717, 1.165) is 5.56 Å². The summed E-state index contributed by atoms with van der Waals surface area (Å²) in [5.41, 5.74) is 1.67. The standard InChI is InChI=1S/C14H21NO2/c1-10(2)15(4)14(17)13-7-5-6-12(9-13)8-11(3)16/h5-7,9-11,16H,8H2,1-4H3. The van der Waals surface area contributed by atoms with Gasteiger partial charge in [-0.1, -0.05) is 12.1 Å². The van der Waals surface area contributed by atoms with Gasteiger partial charge in [-0.25, -0.2) is 0 Å². The largest absolute Gasteiger partial charge is 0.393 e. The summed E-state index contributed by atoms with van der Waals surface area (Å²) >= 11 is 0. The summed E-state index contributed by atoms with van der Waals surface area (Å²) in [6.07, 6.45) is 0.190. The second-order valence-electron chi connectivity index (χ2n) is 4.76. The number of hydrogen-bond acceptors (Lipinski definition) is 2. The van der Waals surface area contributed by atoms with Gasteiger partial charge < -0.3 is 10.0 Å². The van der Waals surface area contributed by atoms with E-state index < -0.39 is 0 Å². The summed E-state index contributed by atoms with van der Waals surface area (Å²) in [7, 11) is 1.80. The predicted molar refractivity (Wildman–Crippen MR) is 69.1 cm³/mol. The van der Waals surface area contributed by atoms with Crippen LogP contribution in [-0.4, -0.2) is 35.1 Å². The second-order valence-corrected chi connectivity index (χ2v) is 4.76. The number of hydrogen-bond donors (Lipinski definition) is 1. The molecule has 0 aromatic heterocycles. The maximum absolute atomic E-state index is 12.1. The van der Waals surface area contributed by atoms with Gasteiger partial charge in [0.2, 0.25) is 0 Å². The minimum Gasteiger partial charge on any atom is -0.393 e. The average Bonchev–Trinajstić information content (AvgIpc) is 2.26. The third-order valence-corrected chi connectivity index (χ3v) is 2.80. The highest BCUT2D eigenvalue weighted by atomic mass is 16.3. The Hall–Kier alpha value is -1.35. The van der Waals surface area contributed by atoms with Gasteiger partial charge in [0.25, 0.3) is 5.91 Å². The topological polar surface area (TPSA) is 40.5 Å². The molecular weight excluding hydrogens is 214 g/mol. The summed E-state index contributed by atoms with van der Waals surface area (Å²) in [4.78, 5) is 13.8. The van der Waals surface area contributed by atoms with Crippen molar-refractivity contribution >= 4 is 5.91 Å². The van der Waals surface area contributed by atoms with Crippen LogP contribution in [0.4, 0.5) is 0 Å². The van der Waals surface area contributed by atoms with Gasteiger partial charge in [-0.15, -0.1) is 0 Å². The van der Waals surface area contributed by atoms with E-state index in [4.69, 9.17) is 0 Å². The van der Waals surface area contributed by atoms with E-state index in [1.54, 1.807) is 18.9 Å². The molecule has 1 amide bonds. The summed E-state index contributed by atoms with van der Waals surface area (Å²) in [5.74, 6) is 0.0208. The van der Waals surface area contributed by atoms with E-state index in [0.29, 0.717) is 12.0 Å². The summed E-state index contributed by atoms with van der Waals surface area (Å²) < 4.78 is 0. The van der Waals surface area contributed by atoms with Crippen molar-refractivity contribution in [2.45, 2.75) is 39.3 Å². The monoisotopic (exact) mass is 235 g/mol. The lowest BCUT2D eigenvalue weighted by Gasteiger charge is -2.21. The molecule has 3 heteroatoms. The first-order chi connectivity index (χ1) is 7.91. The number of aliphatic hydroxyl groups is 1. The molecule has 3 nitrogen and oxygen atoms in total. The Balaban J connectivity index is 2.88. The maximum atomic E-state index is 12.1. The van der Waals surface area contributed by atoms with E-state index in [1.165, 1.54) is 0 Å². The molecule has 0 radical (unpaired) electrons. The van der Waals surface area contributed by atoms with Gasteiger partial charge in [-0.05, 0) is 44.9 Å². The Kier molecular flexibility index (Phi) is 4.70. The molecule has 94 valence electrons.